The van der Waals surface area contributed by atoms with Crippen molar-refractivity contribution in [1.29, 1.82) is 0 Å². The van der Waals surface area contributed by atoms with Gasteiger partial charge >= 0.3 is 0 Å². The average Bonchev–Trinajstić information content (AvgIpc) is 2.98. The number of nitrogens with two attached hydrogens (primary N) is 1. The summed E-state index contributed by atoms with van der Waals surface area (Å²) in [5.41, 5.74) is 4.98. The van der Waals surface area contributed by atoms with Crippen LogP contribution in [0.3, 0.4) is 0 Å². The maximum atomic E-state index is 9.77. The molecule has 0 aromatic carbocycles. The molecule has 6 heteroatoms. The lowest BCUT2D eigenvalue weighted by atomic mass is 10.0. The van der Waals surface area contributed by atoms with Gasteiger partial charge in [-0.1, -0.05) is 5.16 Å². The second kappa shape index (κ2) is 5.77. The first kappa shape index (κ1) is 13.5. The number of rotatable bonds is 6. The van der Waals surface area contributed by atoms with Crippen LogP contribution in [0.2, 0.25) is 0 Å². The molecule has 0 aliphatic heterocycles. The molecule has 1 aliphatic rings. The molecule has 0 bridgehead atoms. The van der Waals surface area contributed by atoms with Gasteiger partial charge in [-0.15, -0.1) is 0 Å². The zero-order valence-electron chi connectivity index (χ0n) is 10.8. The van der Waals surface area contributed by atoms with Crippen molar-refractivity contribution in [3.63, 3.8) is 0 Å². The van der Waals surface area contributed by atoms with Crippen LogP contribution in [0.1, 0.15) is 56.8 Å². The quantitative estimate of drug-likeness (QED) is 0.794. The van der Waals surface area contributed by atoms with Gasteiger partial charge in [-0.25, -0.2) is 0 Å². The summed E-state index contributed by atoms with van der Waals surface area (Å²) in [5, 5.41) is 13.8. The molecule has 102 valence electrons. The van der Waals surface area contributed by atoms with E-state index >= 15 is 0 Å². The zero-order chi connectivity index (χ0) is 13.0. The van der Waals surface area contributed by atoms with Crippen molar-refractivity contribution >= 4 is 0 Å². The molecular formula is C12H21N3O3. The van der Waals surface area contributed by atoms with E-state index in [9.17, 15) is 5.11 Å². The van der Waals surface area contributed by atoms with Gasteiger partial charge in [-0.05, 0) is 45.6 Å². The topological polar surface area (TPSA) is 94.4 Å². The summed E-state index contributed by atoms with van der Waals surface area (Å²) in [6.07, 6.45) is 3.67. The number of aliphatic hydroxyl groups is 1. The Morgan fingerprint density at radius 3 is 2.83 bits per heavy atom. The van der Waals surface area contributed by atoms with Gasteiger partial charge in [0, 0.05) is 6.61 Å². The van der Waals surface area contributed by atoms with Crippen LogP contribution in [-0.2, 0) is 10.3 Å². The summed E-state index contributed by atoms with van der Waals surface area (Å²) in [6.45, 7) is 2.97. The molecule has 1 heterocycles. The molecule has 1 aromatic rings. The SMILES string of the molecule is CCOC1(c2noc(C(O)CCN)n2)CCCC1. The minimum atomic E-state index is -0.781. The Bertz CT molecular complexity index is 374. The monoisotopic (exact) mass is 255 g/mol. The normalized spacial score (nSPS) is 20.2. The molecule has 1 aliphatic carbocycles. The van der Waals surface area contributed by atoms with Crippen LogP contribution in [0.15, 0.2) is 4.52 Å². The minimum absolute atomic E-state index is 0.237. The van der Waals surface area contributed by atoms with E-state index in [0.29, 0.717) is 25.4 Å². The van der Waals surface area contributed by atoms with E-state index < -0.39 is 11.7 Å². The maximum Gasteiger partial charge on any atom is 0.255 e. The van der Waals surface area contributed by atoms with E-state index in [4.69, 9.17) is 15.0 Å². The van der Waals surface area contributed by atoms with Crippen LogP contribution in [0.5, 0.6) is 0 Å². The van der Waals surface area contributed by atoms with Gasteiger partial charge in [0.1, 0.15) is 11.7 Å². The van der Waals surface area contributed by atoms with Crippen molar-refractivity contribution in [2.45, 2.75) is 50.7 Å². The van der Waals surface area contributed by atoms with Gasteiger partial charge in [-0.2, -0.15) is 4.98 Å². The fourth-order valence-electron chi connectivity index (χ4n) is 2.49. The van der Waals surface area contributed by atoms with Crippen LogP contribution in [0.25, 0.3) is 0 Å². The number of hydrogen-bond donors (Lipinski definition) is 2. The summed E-state index contributed by atoms with van der Waals surface area (Å²) < 4.78 is 11.0. The highest BCUT2D eigenvalue weighted by Crippen LogP contribution is 2.40. The highest BCUT2D eigenvalue weighted by Gasteiger charge is 2.41. The predicted octanol–water partition coefficient (Wildman–Crippen LogP) is 1.26. The molecule has 1 aromatic heterocycles. The molecule has 3 N–H and O–H groups in total. The number of ether oxygens (including phenoxy) is 1. The Hall–Kier alpha value is -0.980. The highest BCUT2D eigenvalue weighted by molar-refractivity contribution is 5.05. The van der Waals surface area contributed by atoms with E-state index in [2.05, 4.69) is 10.1 Å². The Balaban J connectivity index is 2.16. The lowest BCUT2D eigenvalue weighted by Gasteiger charge is -2.24. The molecule has 1 saturated carbocycles. The van der Waals surface area contributed by atoms with Crippen LogP contribution < -0.4 is 5.73 Å². The van der Waals surface area contributed by atoms with Crippen LogP contribution in [-0.4, -0.2) is 28.4 Å². The van der Waals surface area contributed by atoms with E-state index in [1.807, 2.05) is 6.92 Å². The molecule has 0 spiro atoms. The summed E-state index contributed by atoms with van der Waals surface area (Å²) >= 11 is 0. The molecule has 6 nitrogen and oxygen atoms in total. The van der Waals surface area contributed by atoms with E-state index in [1.54, 1.807) is 0 Å². The molecule has 1 atom stereocenters. The molecule has 2 rings (SSSR count). The fourth-order valence-corrected chi connectivity index (χ4v) is 2.49. The van der Waals surface area contributed by atoms with Crippen molar-refractivity contribution in [3.05, 3.63) is 11.7 Å². The number of aromatic nitrogens is 2. The first-order valence-corrected chi connectivity index (χ1v) is 6.58. The molecule has 0 radical (unpaired) electrons. The molecule has 1 fully saturated rings. The summed E-state index contributed by atoms with van der Waals surface area (Å²) in [4.78, 5) is 4.29. The second-order valence-corrected chi connectivity index (χ2v) is 4.68. The standard InChI is InChI=1S/C12H21N3O3/c1-2-17-12(6-3-4-7-12)11-14-10(18-15-11)9(16)5-8-13/h9,16H,2-8,13H2,1H3. The third-order valence-corrected chi connectivity index (χ3v) is 3.41. The summed E-state index contributed by atoms with van der Waals surface area (Å²) in [7, 11) is 0. The van der Waals surface area contributed by atoms with Gasteiger partial charge < -0.3 is 20.1 Å². The van der Waals surface area contributed by atoms with Gasteiger partial charge in [0.05, 0.1) is 0 Å². The maximum absolute atomic E-state index is 9.77. The van der Waals surface area contributed by atoms with Gasteiger partial charge in [-0.3, -0.25) is 0 Å². The number of nitrogens with zero attached hydrogens (tertiary/aromatic N) is 2. The Morgan fingerprint density at radius 2 is 2.22 bits per heavy atom. The van der Waals surface area contributed by atoms with Crippen LogP contribution in [0.4, 0.5) is 0 Å². The van der Waals surface area contributed by atoms with E-state index in [0.717, 1.165) is 25.7 Å². The van der Waals surface area contributed by atoms with Crippen molar-refractivity contribution in [2.75, 3.05) is 13.2 Å². The van der Waals surface area contributed by atoms with Crippen LogP contribution >= 0.6 is 0 Å². The number of aliphatic hydroxyl groups excluding tert-OH is 1. The molecular weight excluding hydrogens is 234 g/mol. The molecule has 0 amide bonds. The minimum Gasteiger partial charge on any atom is -0.383 e. The lowest BCUT2D eigenvalue weighted by Crippen LogP contribution is -2.27. The van der Waals surface area contributed by atoms with Gasteiger partial charge in [0.25, 0.3) is 5.89 Å². The first-order chi connectivity index (χ1) is 8.72. The highest BCUT2D eigenvalue weighted by atomic mass is 16.5. The first-order valence-electron chi connectivity index (χ1n) is 6.58. The lowest BCUT2D eigenvalue weighted by molar-refractivity contribution is -0.0469. The van der Waals surface area contributed by atoms with Gasteiger partial charge in [0.15, 0.2) is 0 Å². The van der Waals surface area contributed by atoms with E-state index in [-0.39, 0.29) is 5.89 Å². The largest absolute Gasteiger partial charge is 0.383 e. The molecule has 0 saturated heterocycles. The second-order valence-electron chi connectivity index (χ2n) is 4.68. The van der Waals surface area contributed by atoms with E-state index in [1.165, 1.54) is 0 Å². The van der Waals surface area contributed by atoms with Gasteiger partial charge in [0.2, 0.25) is 5.82 Å². The summed E-state index contributed by atoms with van der Waals surface area (Å²) in [6, 6.07) is 0. The Kier molecular flexibility index (Phi) is 4.31. The molecule has 1 unspecified atom stereocenters. The van der Waals surface area contributed by atoms with Crippen molar-refractivity contribution in [1.82, 2.24) is 10.1 Å². The smallest absolute Gasteiger partial charge is 0.255 e. The van der Waals surface area contributed by atoms with Crippen molar-refractivity contribution < 1.29 is 14.4 Å². The zero-order valence-corrected chi connectivity index (χ0v) is 10.8. The third-order valence-electron chi connectivity index (χ3n) is 3.41. The van der Waals surface area contributed by atoms with Crippen molar-refractivity contribution in [3.8, 4) is 0 Å². The average molecular weight is 255 g/mol. The van der Waals surface area contributed by atoms with Crippen LogP contribution in [0, 0.1) is 0 Å². The summed E-state index contributed by atoms with van der Waals surface area (Å²) in [5.74, 6) is 0.800. The fraction of sp³-hybridized carbons (Fsp3) is 0.833. The Labute approximate surface area is 107 Å². The third kappa shape index (κ3) is 2.55. The van der Waals surface area contributed by atoms with Crippen molar-refractivity contribution in [2.24, 2.45) is 5.73 Å². The molecule has 18 heavy (non-hydrogen) atoms. The Morgan fingerprint density at radius 1 is 1.50 bits per heavy atom. The predicted molar refractivity (Wildman–Crippen MR) is 64.7 cm³/mol. The number of hydrogen-bond acceptors (Lipinski definition) is 6.